The highest BCUT2D eigenvalue weighted by Gasteiger charge is 2.39. The number of benzene rings is 3. The topological polar surface area (TPSA) is 129 Å². The number of ether oxygens (including phenoxy) is 1. The number of hydrogen-bond acceptors (Lipinski definition) is 8. The number of carbonyl (C=O) groups excluding carboxylic acids is 2. The van der Waals surface area contributed by atoms with Crippen LogP contribution in [0.3, 0.4) is 0 Å². The third kappa shape index (κ3) is 9.51. The summed E-state index contributed by atoms with van der Waals surface area (Å²) in [5, 5.41) is 8.27. The van der Waals surface area contributed by atoms with Crippen LogP contribution in [0, 0.1) is 0 Å². The van der Waals surface area contributed by atoms with E-state index in [1.165, 1.54) is 47.8 Å². The number of aromatic nitrogens is 2. The van der Waals surface area contributed by atoms with Crippen molar-refractivity contribution < 1.29 is 49.1 Å². The van der Waals surface area contributed by atoms with Crippen molar-refractivity contribution in [2.45, 2.75) is 36.5 Å². The minimum atomic E-state index is -5.12. The Labute approximate surface area is 319 Å². The van der Waals surface area contributed by atoms with E-state index in [0.29, 0.717) is 62.4 Å². The Morgan fingerprint density at radius 2 is 1.50 bits per heavy atom. The van der Waals surface area contributed by atoms with Gasteiger partial charge in [-0.25, -0.2) is 13.1 Å². The molecule has 0 atom stereocenters. The van der Waals surface area contributed by atoms with Crippen LogP contribution >= 0.6 is 0 Å². The largest absolute Gasteiger partial charge is 0.437 e. The Morgan fingerprint density at radius 1 is 0.804 bits per heavy atom. The lowest BCUT2D eigenvalue weighted by molar-refractivity contribution is -0.141. The van der Waals surface area contributed by atoms with Crippen molar-refractivity contribution in [2.24, 2.45) is 0 Å². The van der Waals surface area contributed by atoms with E-state index in [4.69, 9.17) is 4.74 Å². The molecular weight excluding hydrogens is 769 g/mol. The highest BCUT2D eigenvalue weighted by molar-refractivity contribution is 7.89. The molecule has 0 aliphatic carbocycles. The van der Waals surface area contributed by atoms with Crippen LogP contribution in [0.5, 0.6) is 0 Å². The van der Waals surface area contributed by atoms with E-state index < -0.39 is 51.1 Å². The lowest BCUT2D eigenvalue weighted by Gasteiger charge is -2.29. The van der Waals surface area contributed by atoms with Gasteiger partial charge in [-0.1, -0.05) is 12.1 Å². The van der Waals surface area contributed by atoms with E-state index in [2.05, 4.69) is 20.6 Å². The zero-order valence-corrected chi connectivity index (χ0v) is 31.0. The molecule has 6 rings (SSSR count). The summed E-state index contributed by atoms with van der Waals surface area (Å²) in [5.41, 5.74) is -3.67. The smallest absolute Gasteiger partial charge is 0.379 e. The van der Waals surface area contributed by atoms with Crippen molar-refractivity contribution in [1.82, 2.24) is 19.0 Å². The number of halogens is 6. The minimum absolute atomic E-state index is 0.0687. The number of nitrogens with zero attached hydrogens (tertiary/aromatic N) is 5. The van der Waals surface area contributed by atoms with Gasteiger partial charge in [0.15, 0.2) is 5.69 Å². The average molecular weight is 808 g/mol. The van der Waals surface area contributed by atoms with Gasteiger partial charge in [-0.2, -0.15) is 35.7 Å². The van der Waals surface area contributed by atoms with E-state index in [0.717, 1.165) is 43.7 Å². The first-order valence-corrected chi connectivity index (χ1v) is 19.2. The average Bonchev–Trinajstić information content (AvgIpc) is 3.62. The molecule has 3 aromatic carbocycles. The molecular formula is C37H39F6N7O5S. The lowest BCUT2D eigenvalue weighted by atomic mass is 10.1. The molecule has 12 nitrogen and oxygen atoms in total. The summed E-state index contributed by atoms with van der Waals surface area (Å²) in [6, 6.07) is 13.3. The number of likely N-dealkylation sites (N-methyl/N-ethyl adjacent to an activating group) is 1. The SMILES string of the molecule is CN(CCN1CCOCC1)S(=O)(=O)c1cccc(C(=O)Nc2ccc(N3CCCCC3)cc2C(=O)Nc2cn(-c3cccc(C(F)(F)F)c3)nc2C(F)(F)F)c1. The number of alkyl halides is 6. The molecule has 0 radical (unpaired) electrons. The Hall–Kier alpha value is -4.98. The second-order valence-corrected chi connectivity index (χ2v) is 15.4. The Bertz CT molecular complexity index is 2160. The zero-order chi connectivity index (χ0) is 40.3. The second kappa shape index (κ2) is 16.6. The molecule has 2 fully saturated rings. The summed E-state index contributed by atoms with van der Waals surface area (Å²) in [5.74, 6) is -1.88. The highest BCUT2D eigenvalue weighted by atomic mass is 32.2. The van der Waals surface area contributed by atoms with E-state index >= 15 is 0 Å². The summed E-state index contributed by atoms with van der Waals surface area (Å²) >= 11 is 0. The molecule has 56 heavy (non-hydrogen) atoms. The first kappa shape index (κ1) is 40.7. The van der Waals surface area contributed by atoms with E-state index in [1.54, 1.807) is 6.07 Å². The van der Waals surface area contributed by atoms with Gasteiger partial charge in [0.2, 0.25) is 10.0 Å². The molecule has 0 saturated carbocycles. The molecule has 2 aliphatic rings. The second-order valence-electron chi connectivity index (χ2n) is 13.4. The first-order valence-electron chi connectivity index (χ1n) is 17.7. The van der Waals surface area contributed by atoms with Gasteiger partial charge < -0.3 is 20.3 Å². The van der Waals surface area contributed by atoms with Crippen molar-refractivity contribution in [3.8, 4) is 5.69 Å². The van der Waals surface area contributed by atoms with E-state index in [1.807, 2.05) is 4.90 Å². The molecule has 0 spiro atoms. The van der Waals surface area contributed by atoms with Crippen LogP contribution in [0.1, 0.15) is 51.2 Å². The molecule has 2 aliphatic heterocycles. The number of sulfonamides is 1. The molecule has 300 valence electrons. The third-order valence-electron chi connectivity index (χ3n) is 9.53. The summed E-state index contributed by atoms with van der Waals surface area (Å²) in [6.45, 7) is 4.43. The summed E-state index contributed by atoms with van der Waals surface area (Å²) in [4.78, 5) is 31.5. The molecule has 0 unspecified atom stereocenters. The number of carbonyl (C=O) groups is 2. The van der Waals surface area contributed by atoms with Gasteiger partial charge in [-0.3, -0.25) is 14.5 Å². The van der Waals surface area contributed by atoms with Crippen molar-refractivity contribution in [1.29, 1.82) is 0 Å². The maximum Gasteiger partial charge on any atom is 0.437 e. The molecule has 3 heterocycles. The van der Waals surface area contributed by atoms with Crippen molar-refractivity contribution in [3.05, 3.63) is 95.3 Å². The molecule has 1 aromatic heterocycles. The number of amides is 2. The minimum Gasteiger partial charge on any atom is -0.379 e. The number of anilines is 3. The summed E-state index contributed by atoms with van der Waals surface area (Å²) in [7, 11) is -2.58. The van der Waals surface area contributed by atoms with Gasteiger partial charge in [0.25, 0.3) is 11.8 Å². The number of piperidine rings is 1. The normalized spacial score (nSPS) is 15.9. The summed E-state index contributed by atoms with van der Waals surface area (Å²) in [6.07, 6.45) is -6.41. The Kier molecular flexibility index (Phi) is 12.1. The Morgan fingerprint density at radius 3 is 2.20 bits per heavy atom. The summed E-state index contributed by atoms with van der Waals surface area (Å²) < 4.78 is 117. The van der Waals surface area contributed by atoms with Crippen molar-refractivity contribution >= 4 is 38.9 Å². The Balaban J connectivity index is 1.28. The molecule has 0 bridgehead atoms. The third-order valence-corrected chi connectivity index (χ3v) is 11.4. The van der Waals surface area contributed by atoms with Crippen LogP contribution in [0.25, 0.3) is 5.69 Å². The van der Waals surface area contributed by atoms with Gasteiger partial charge in [-0.15, -0.1) is 0 Å². The van der Waals surface area contributed by atoms with Gasteiger partial charge in [0.1, 0.15) is 0 Å². The lowest BCUT2D eigenvalue weighted by Crippen LogP contribution is -2.41. The van der Waals surface area contributed by atoms with Crippen LogP contribution < -0.4 is 15.5 Å². The highest BCUT2D eigenvalue weighted by Crippen LogP contribution is 2.36. The van der Waals surface area contributed by atoms with Crippen LogP contribution in [0.4, 0.5) is 43.4 Å². The number of rotatable bonds is 11. The molecule has 2 N–H and O–H groups in total. The van der Waals surface area contributed by atoms with Gasteiger partial charge in [-0.05, 0) is 73.9 Å². The van der Waals surface area contributed by atoms with Gasteiger partial charge >= 0.3 is 12.4 Å². The fourth-order valence-corrected chi connectivity index (χ4v) is 7.61. The first-order chi connectivity index (χ1) is 26.5. The van der Waals surface area contributed by atoms with Crippen LogP contribution in [0.2, 0.25) is 0 Å². The predicted molar refractivity (Wildman–Crippen MR) is 195 cm³/mol. The quantitative estimate of drug-likeness (QED) is 0.168. The van der Waals surface area contributed by atoms with Crippen molar-refractivity contribution in [2.75, 3.05) is 75.1 Å². The van der Waals surface area contributed by atoms with E-state index in [9.17, 15) is 44.3 Å². The van der Waals surface area contributed by atoms with Gasteiger partial charge in [0, 0.05) is 57.6 Å². The molecule has 19 heteroatoms. The number of hydrogen-bond donors (Lipinski definition) is 2. The fraction of sp³-hybridized carbons (Fsp3) is 0.378. The number of nitrogens with one attached hydrogen (secondary N) is 2. The monoisotopic (exact) mass is 807 g/mol. The fourth-order valence-electron chi connectivity index (χ4n) is 6.40. The molecule has 2 amide bonds. The van der Waals surface area contributed by atoms with Crippen molar-refractivity contribution in [3.63, 3.8) is 0 Å². The predicted octanol–water partition coefficient (Wildman–Crippen LogP) is 6.36. The molecule has 2 saturated heterocycles. The maximum absolute atomic E-state index is 14.2. The number of morpholine rings is 1. The maximum atomic E-state index is 14.2. The van der Waals surface area contributed by atoms with Crippen LogP contribution in [0.15, 0.2) is 77.8 Å². The standard InChI is InChI=1S/C37H39F6N7O5S/c1-47(15-16-48-17-19-55-20-18-48)56(53,54)29-10-5-7-25(21-29)34(51)44-31-12-11-27(49-13-3-2-4-14-49)23-30(31)35(52)45-32-24-50(46-33(32)37(41,42)43)28-9-6-8-26(22-28)36(38,39)40/h5-12,21-24H,2-4,13-20H2,1H3,(H,44,51)(H,45,52). The van der Waals surface area contributed by atoms with Crippen LogP contribution in [-0.4, -0.2) is 98.7 Å². The van der Waals surface area contributed by atoms with E-state index in [-0.39, 0.29) is 33.9 Å². The van der Waals surface area contributed by atoms with Gasteiger partial charge in [0.05, 0.1) is 52.5 Å². The molecule has 4 aromatic rings. The van der Waals surface area contributed by atoms with Crippen LogP contribution in [-0.2, 0) is 27.1 Å². The zero-order valence-electron chi connectivity index (χ0n) is 30.2.